The molecule has 0 aliphatic heterocycles. The number of carboxylic acid groups (broad SMARTS) is 1. The fraction of sp³-hybridized carbons (Fsp3) is 0.222. The lowest BCUT2D eigenvalue weighted by atomic mass is 9.91. The number of nitrogens with zero attached hydrogens (tertiary/aromatic N) is 1. The van der Waals surface area contributed by atoms with E-state index in [1.165, 1.54) is 14.2 Å². The smallest absolute Gasteiger partial charge is 0.333 e. The van der Waals surface area contributed by atoms with Crippen molar-refractivity contribution in [2.24, 2.45) is 0 Å². The summed E-state index contributed by atoms with van der Waals surface area (Å²) in [5, 5.41) is 21.6. The van der Waals surface area contributed by atoms with Crippen LogP contribution in [0.2, 0.25) is 0 Å². The van der Waals surface area contributed by atoms with E-state index in [0.29, 0.717) is 28.3 Å². The maximum Gasteiger partial charge on any atom is 0.333 e. The molecule has 0 aromatic heterocycles. The fourth-order valence-corrected chi connectivity index (χ4v) is 2.31. The van der Waals surface area contributed by atoms with E-state index in [2.05, 4.69) is 5.32 Å². The Kier molecular flexibility index (Phi) is 4.95. The summed E-state index contributed by atoms with van der Waals surface area (Å²) in [6.07, 6.45) is 0. The van der Waals surface area contributed by atoms with Crippen LogP contribution in [0.5, 0.6) is 11.5 Å². The molecule has 0 aliphatic carbocycles. The van der Waals surface area contributed by atoms with Crippen LogP contribution in [0.4, 0.5) is 5.69 Å². The summed E-state index contributed by atoms with van der Waals surface area (Å²) in [7, 11) is 3.01. The first-order valence-electron chi connectivity index (χ1n) is 7.19. The molecule has 1 unspecified atom stereocenters. The second-order valence-electron chi connectivity index (χ2n) is 5.31. The van der Waals surface area contributed by atoms with Crippen molar-refractivity contribution in [3.05, 3.63) is 53.6 Å². The molecule has 1 atom stereocenters. The Labute approximate surface area is 140 Å². The summed E-state index contributed by atoms with van der Waals surface area (Å²) in [4.78, 5) is 11.9. The second kappa shape index (κ2) is 6.92. The van der Waals surface area contributed by atoms with E-state index in [1.54, 1.807) is 49.4 Å². The standard InChI is InChI=1S/C18H18N2O4/c1-18(17(21)22,20-14-7-4-12(11-19)5-8-14)13-6-9-15(23-2)16(10-13)24-3/h4-10,20H,1-3H3,(H,21,22). The van der Waals surface area contributed by atoms with E-state index in [9.17, 15) is 9.90 Å². The van der Waals surface area contributed by atoms with Gasteiger partial charge < -0.3 is 19.9 Å². The van der Waals surface area contributed by atoms with E-state index in [0.717, 1.165) is 0 Å². The van der Waals surface area contributed by atoms with Crippen molar-refractivity contribution in [1.82, 2.24) is 0 Å². The second-order valence-corrected chi connectivity index (χ2v) is 5.31. The minimum Gasteiger partial charge on any atom is -0.493 e. The molecule has 0 radical (unpaired) electrons. The number of aliphatic carboxylic acids is 1. The van der Waals surface area contributed by atoms with Gasteiger partial charge >= 0.3 is 5.97 Å². The molecule has 2 aromatic rings. The van der Waals surface area contributed by atoms with Crippen molar-refractivity contribution in [2.75, 3.05) is 19.5 Å². The normalized spacial score (nSPS) is 12.6. The Morgan fingerprint density at radius 1 is 1.12 bits per heavy atom. The predicted octanol–water partition coefficient (Wildman–Crippen LogP) is 2.99. The number of hydrogen-bond acceptors (Lipinski definition) is 5. The molecular weight excluding hydrogens is 308 g/mol. The molecule has 0 bridgehead atoms. The molecule has 6 heteroatoms. The molecule has 124 valence electrons. The van der Waals surface area contributed by atoms with Gasteiger partial charge in [0.25, 0.3) is 0 Å². The lowest BCUT2D eigenvalue weighted by Gasteiger charge is -2.28. The van der Waals surface area contributed by atoms with E-state index in [1.807, 2.05) is 6.07 Å². The Balaban J connectivity index is 2.43. The van der Waals surface area contributed by atoms with Crippen molar-refractivity contribution in [2.45, 2.75) is 12.5 Å². The summed E-state index contributed by atoms with van der Waals surface area (Å²) < 4.78 is 10.4. The Morgan fingerprint density at radius 2 is 1.75 bits per heavy atom. The number of ether oxygens (including phenoxy) is 2. The molecule has 0 spiro atoms. The van der Waals surface area contributed by atoms with Gasteiger partial charge in [0.15, 0.2) is 17.0 Å². The quantitative estimate of drug-likeness (QED) is 0.848. The highest BCUT2D eigenvalue weighted by Crippen LogP contribution is 2.34. The van der Waals surface area contributed by atoms with E-state index >= 15 is 0 Å². The van der Waals surface area contributed by atoms with Crippen LogP contribution in [-0.2, 0) is 10.3 Å². The molecule has 0 fully saturated rings. The maximum atomic E-state index is 11.9. The van der Waals surface area contributed by atoms with Gasteiger partial charge in [-0.05, 0) is 48.9 Å². The van der Waals surface area contributed by atoms with E-state index < -0.39 is 11.5 Å². The van der Waals surface area contributed by atoms with Gasteiger partial charge in [-0.3, -0.25) is 0 Å². The number of carboxylic acids is 1. The largest absolute Gasteiger partial charge is 0.493 e. The van der Waals surface area contributed by atoms with Gasteiger partial charge in [0, 0.05) is 5.69 Å². The average Bonchev–Trinajstić information content (AvgIpc) is 2.61. The van der Waals surface area contributed by atoms with Crippen molar-refractivity contribution in [3.8, 4) is 17.6 Å². The molecule has 0 amide bonds. The first-order chi connectivity index (χ1) is 11.4. The van der Waals surface area contributed by atoms with E-state index in [4.69, 9.17) is 14.7 Å². The van der Waals surface area contributed by atoms with Crippen LogP contribution in [0.1, 0.15) is 18.1 Å². The number of carbonyl (C=O) groups is 1. The molecule has 0 saturated carbocycles. The van der Waals surface area contributed by atoms with Crippen LogP contribution in [0.3, 0.4) is 0 Å². The molecule has 6 nitrogen and oxygen atoms in total. The molecule has 2 N–H and O–H groups in total. The Bertz CT molecular complexity index is 781. The van der Waals surface area contributed by atoms with Gasteiger partial charge in [-0.2, -0.15) is 5.26 Å². The third-order valence-electron chi connectivity index (χ3n) is 3.80. The Hall–Kier alpha value is -3.20. The number of nitriles is 1. The summed E-state index contributed by atoms with van der Waals surface area (Å²) >= 11 is 0. The zero-order chi connectivity index (χ0) is 17.7. The summed E-state index contributed by atoms with van der Waals surface area (Å²) in [5.41, 5.74) is 0.225. The minimum absolute atomic E-state index is 0.448. The molecule has 0 saturated heterocycles. The lowest BCUT2D eigenvalue weighted by molar-refractivity contribution is -0.142. The van der Waals surface area contributed by atoms with Crippen LogP contribution in [-0.4, -0.2) is 25.3 Å². The third kappa shape index (κ3) is 3.25. The molecule has 0 aliphatic rings. The molecular formula is C18H18N2O4. The zero-order valence-electron chi connectivity index (χ0n) is 13.7. The zero-order valence-corrected chi connectivity index (χ0v) is 13.7. The van der Waals surface area contributed by atoms with Gasteiger partial charge in [-0.25, -0.2) is 4.79 Å². The fourth-order valence-electron chi connectivity index (χ4n) is 2.31. The van der Waals surface area contributed by atoms with Gasteiger partial charge in [-0.15, -0.1) is 0 Å². The van der Waals surface area contributed by atoms with Crippen LogP contribution < -0.4 is 14.8 Å². The predicted molar refractivity (Wildman–Crippen MR) is 89.3 cm³/mol. The van der Waals surface area contributed by atoms with Crippen molar-refractivity contribution in [1.29, 1.82) is 5.26 Å². The molecule has 0 heterocycles. The summed E-state index contributed by atoms with van der Waals surface area (Å²) in [6.45, 7) is 1.56. The third-order valence-corrected chi connectivity index (χ3v) is 3.80. The highest BCUT2D eigenvalue weighted by atomic mass is 16.5. The highest BCUT2D eigenvalue weighted by Gasteiger charge is 2.36. The number of methoxy groups -OCH3 is 2. The first-order valence-corrected chi connectivity index (χ1v) is 7.19. The van der Waals surface area contributed by atoms with Gasteiger partial charge in [0.05, 0.1) is 25.9 Å². The van der Waals surface area contributed by atoms with Crippen LogP contribution in [0.15, 0.2) is 42.5 Å². The van der Waals surface area contributed by atoms with Crippen LogP contribution >= 0.6 is 0 Å². The van der Waals surface area contributed by atoms with Crippen LogP contribution in [0.25, 0.3) is 0 Å². The number of hydrogen-bond donors (Lipinski definition) is 2. The maximum absolute atomic E-state index is 11.9. The van der Waals surface area contributed by atoms with Crippen molar-refractivity contribution >= 4 is 11.7 Å². The topological polar surface area (TPSA) is 91.6 Å². The first kappa shape index (κ1) is 17.2. The van der Waals surface area contributed by atoms with Crippen LogP contribution in [0, 0.1) is 11.3 Å². The van der Waals surface area contributed by atoms with Gasteiger partial charge in [0.2, 0.25) is 0 Å². The van der Waals surface area contributed by atoms with Gasteiger partial charge in [0.1, 0.15) is 0 Å². The number of nitrogens with one attached hydrogen (secondary N) is 1. The van der Waals surface area contributed by atoms with Crippen molar-refractivity contribution in [3.63, 3.8) is 0 Å². The lowest BCUT2D eigenvalue weighted by Crippen LogP contribution is -2.40. The number of benzene rings is 2. The van der Waals surface area contributed by atoms with E-state index in [-0.39, 0.29) is 0 Å². The summed E-state index contributed by atoms with van der Waals surface area (Å²) in [6, 6.07) is 13.6. The molecule has 2 rings (SSSR count). The van der Waals surface area contributed by atoms with Gasteiger partial charge in [-0.1, -0.05) is 6.07 Å². The monoisotopic (exact) mass is 326 g/mol. The van der Waals surface area contributed by atoms with Crippen molar-refractivity contribution < 1.29 is 19.4 Å². The SMILES string of the molecule is COc1ccc(C(C)(Nc2ccc(C#N)cc2)C(=O)O)cc1OC. The molecule has 2 aromatic carbocycles. The minimum atomic E-state index is -1.38. The number of rotatable bonds is 6. The molecule has 24 heavy (non-hydrogen) atoms. The highest BCUT2D eigenvalue weighted by molar-refractivity contribution is 5.84. The number of anilines is 1. The summed E-state index contributed by atoms with van der Waals surface area (Å²) in [5.74, 6) is -0.0736. The Morgan fingerprint density at radius 3 is 2.25 bits per heavy atom. The average molecular weight is 326 g/mol.